The second-order valence-corrected chi connectivity index (χ2v) is 9.85. The van der Waals surface area contributed by atoms with Crippen LogP contribution in [0.3, 0.4) is 0 Å². The Labute approximate surface area is 243 Å². The molecule has 0 unspecified atom stereocenters. The molecular formula is C32H18F9N3. The van der Waals surface area contributed by atoms with Gasteiger partial charge in [0, 0.05) is 45.9 Å². The van der Waals surface area contributed by atoms with Crippen molar-refractivity contribution in [2.45, 2.75) is 18.5 Å². The standard InChI is InChI=1S/C32H18F9N3/c33-30(34,35)25-16-22(17-26(31(36,37)38)29(25)32(39,40)41)44-27-12-11-21(15-23(27)24-18-42-14-13-28(24)44)43(19-7-3-1-4-8-19)20-9-5-2-6-10-20/h1-18H. The number of rotatable bonds is 4. The molecule has 0 aliphatic heterocycles. The molecule has 224 valence electrons. The van der Waals surface area contributed by atoms with Crippen LogP contribution in [-0.4, -0.2) is 9.55 Å². The van der Waals surface area contributed by atoms with Gasteiger partial charge in [0.15, 0.2) is 0 Å². The highest BCUT2D eigenvalue weighted by Crippen LogP contribution is 2.48. The average molecular weight is 615 g/mol. The van der Waals surface area contributed by atoms with Crippen molar-refractivity contribution in [2.24, 2.45) is 0 Å². The fraction of sp³-hybridized carbons (Fsp3) is 0.0938. The van der Waals surface area contributed by atoms with Gasteiger partial charge in [-0.15, -0.1) is 0 Å². The summed E-state index contributed by atoms with van der Waals surface area (Å²) in [5.74, 6) is 0. The minimum Gasteiger partial charge on any atom is -0.310 e. The molecule has 0 bridgehead atoms. The van der Waals surface area contributed by atoms with Crippen LogP contribution in [0, 0.1) is 0 Å². The molecule has 0 aliphatic rings. The summed E-state index contributed by atoms with van der Waals surface area (Å²) in [6, 6.07) is 24.9. The zero-order chi connectivity index (χ0) is 31.4. The molecule has 0 aliphatic carbocycles. The van der Waals surface area contributed by atoms with Gasteiger partial charge in [0.1, 0.15) is 0 Å². The number of para-hydroxylation sites is 2. The van der Waals surface area contributed by atoms with E-state index in [0.717, 1.165) is 15.9 Å². The Morgan fingerprint density at radius 1 is 0.523 bits per heavy atom. The van der Waals surface area contributed by atoms with Crippen LogP contribution in [0.2, 0.25) is 0 Å². The lowest BCUT2D eigenvalue weighted by atomic mass is 9.98. The lowest BCUT2D eigenvalue weighted by molar-refractivity contribution is -0.174. The summed E-state index contributed by atoms with van der Waals surface area (Å²) >= 11 is 0. The number of aromatic nitrogens is 2. The maximum absolute atomic E-state index is 14.0. The summed E-state index contributed by atoms with van der Waals surface area (Å²) in [6.07, 6.45) is -14.7. The maximum atomic E-state index is 14.0. The first-order chi connectivity index (χ1) is 20.7. The normalized spacial score (nSPS) is 12.7. The number of alkyl halides is 9. The van der Waals surface area contributed by atoms with E-state index in [1.807, 2.05) is 65.6 Å². The van der Waals surface area contributed by atoms with Crippen molar-refractivity contribution in [3.05, 3.63) is 126 Å². The van der Waals surface area contributed by atoms with Crippen LogP contribution in [0.4, 0.5) is 56.6 Å². The summed E-state index contributed by atoms with van der Waals surface area (Å²) in [7, 11) is 0. The molecule has 4 aromatic carbocycles. The summed E-state index contributed by atoms with van der Waals surface area (Å²) in [6.45, 7) is 0. The van der Waals surface area contributed by atoms with E-state index in [1.165, 1.54) is 24.5 Å². The molecule has 0 radical (unpaired) electrons. The first-order valence-corrected chi connectivity index (χ1v) is 12.9. The summed E-state index contributed by atoms with van der Waals surface area (Å²) < 4.78 is 126. The number of pyridine rings is 1. The number of nitrogens with zero attached hydrogens (tertiary/aromatic N) is 3. The second kappa shape index (κ2) is 10.3. The van der Waals surface area contributed by atoms with Crippen molar-refractivity contribution < 1.29 is 39.5 Å². The fourth-order valence-corrected chi connectivity index (χ4v) is 5.38. The van der Waals surface area contributed by atoms with Gasteiger partial charge in [-0.25, -0.2) is 0 Å². The number of benzene rings is 4. The molecule has 12 heteroatoms. The molecule has 0 saturated carbocycles. The van der Waals surface area contributed by atoms with Gasteiger partial charge in [-0.1, -0.05) is 36.4 Å². The third kappa shape index (κ3) is 5.10. The van der Waals surface area contributed by atoms with Gasteiger partial charge in [0.25, 0.3) is 0 Å². The predicted molar refractivity (Wildman–Crippen MR) is 148 cm³/mol. The predicted octanol–water partition coefficient (Wildman–Crippen LogP) is 10.7. The molecule has 44 heavy (non-hydrogen) atoms. The van der Waals surface area contributed by atoms with Gasteiger partial charge in [-0.3, -0.25) is 4.98 Å². The Morgan fingerprint density at radius 3 is 1.55 bits per heavy atom. The molecule has 2 heterocycles. The van der Waals surface area contributed by atoms with Crippen LogP contribution < -0.4 is 4.90 Å². The van der Waals surface area contributed by atoms with Crippen LogP contribution in [-0.2, 0) is 18.5 Å². The zero-order valence-electron chi connectivity index (χ0n) is 22.1. The number of hydrogen-bond donors (Lipinski definition) is 0. The van der Waals surface area contributed by atoms with Crippen molar-refractivity contribution in [3.63, 3.8) is 0 Å². The van der Waals surface area contributed by atoms with E-state index in [9.17, 15) is 39.5 Å². The molecule has 2 aromatic heterocycles. The molecule has 0 fully saturated rings. The van der Waals surface area contributed by atoms with Crippen LogP contribution in [0.1, 0.15) is 16.7 Å². The maximum Gasteiger partial charge on any atom is 0.417 e. The highest BCUT2D eigenvalue weighted by atomic mass is 19.4. The van der Waals surface area contributed by atoms with Crippen LogP contribution >= 0.6 is 0 Å². The Bertz CT molecular complexity index is 1900. The van der Waals surface area contributed by atoms with Crippen LogP contribution in [0.5, 0.6) is 0 Å². The van der Waals surface area contributed by atoms with Gasteiger partial charge in [-0.05, 0) is 60.7 Å². The third-order valence-electron chi connectivity index (χ3n) is 7.11. The van der Waals surface area contributed by atoms with Crippen molar-refractivity contribution in [1.82, 2.24) is 9.55 Å². The van der Waals surface area contributed by atoms with Crippen molar-refractivity contribution >= 4 is 38.9 Å². The minimum atomic E-state index is -5.92. The van der Waals surface area contributed by atoms with Crippen molar-refractivity contribution in [1.29, 1.82) is 0 Å². The lowest BCUT2D eigenvalue weighted by Gasteiger charge is -2.25. The van der Waals surface area contributed by atoms with Gasteiger partial charge in [0.2, 0.25) is 0 Å². The highest BCUT2D eigenvalue weighted by molar-refractivity contribution is 6.10. The van der Waals surface area contributed by atoms with E-state index < -0.39 is 40.9 Å². The minimum absolute atomic E-state index is 0.103. The zero-order valence-corrected chi connectivity index (χ0v) is 22.1. The first-order valence-electron chi connectivity index (χ1n) is 12.9. The van der Waals surface area contributed by atoms with Gasteiger partial charge < -0.3 is 9.47 Å². The monoisotopic (exact) mass is 615 g/mol. The van der Waals surface area contributed by atoms with E-state index in [0.29, 0.717) is 16.5 Å². The van der Waals surface area contributed by atoms with Crippen molar-refractivity contribution in [3.8, 4) is 5.69 Å². The van der Waals surface area contributed by atoms with Gasteiger partial charge in [0.05, 0.1) is 27.7 Å². The first kappa shape index (κ1) is 29.1. The number of halogens is 9. The Hall–Kier alpha value is -5.00. The van der Waals surface area contributed by atoms with E-state index in [-0.39, 0.29) is 23.2 Å². The van der Waals surface area contributed by atoms with Crippen LogP contribution in [0.15, 0.2) is 109 Å². The quantitative estimate of drug-likeness (QED) is 0.184. The number of fused-ring (bicyclic) bond motifs is 3. The Morgan fingerprint density at radius 2 is 1.05 bits per heavy atom. The smallest absolute Gasteiger partial charge is 0.310 e. The fourth-order valence-electron chi connectivity index (χ4n) is 5.38. The average Bonchev–Trinajstić information content (AvgIpc) is 3.30. The molecule has 3 nitrogen and oxygen atoms in total. The van der Waals surface area contributed by atoms with E-state index in [1.54, 1.807) is 12.1 Å². The van der Waals surface area contributed by atoms with E-state index >= 15 is 0 Å². The molecule has 6 rings (SSSR count). The van der Waals surface area contributed by atoms with Gasteiger partial charge in [-0.2, -0.15) is 39.5 Å². The molecular weight excluding hydrogens is 597 g/mol. The Balaban J connectivity index is 1.66. The molecule has 0 saturated heterocycles. The highest BCUT2D eigenvalue weighted by Gasteiger charge is 2.50. The Kier molecular flexibility index (Phi) is 6.82. The topological polar surface area (TPSA) is 21.1 Å². The van der Waals surface area contributed by atoms with Crippen molar-refractivity contribution in [2.75, 3.05) is 4.90 Å². The lowest BCUT2D eigenvalue weighted by Crippen LogP contribution is -2.23. The van der Waals surface area contributed by atoms with E-state index in [2.05, 4.69) is 4.98 Å². The summed E-state index contributed by atoms with van der Waals surface area (Å²) in [4.78, 5) is 5.99. The summed E-state index contributed by atoms with van der Waals surface area (Å²) in [5.41, 5.74) is -5.92. The number of anilines is 3. The van der Waals surface area contributed by atoms with E-state index in [4.69, 9.17) is 0 Å². The molecule has 0 N–H and O–H groups in total. The number of hydrogen-bond acceptors (Lipinski definition) is 2. The SMILES string of the molecule is FC(F)(F)c1cc(-n2c3ccncc3c3cc(N(c4ccccc4)c4ccccc4)ccc32)cc(C(F)(F)F)c1C(F)(F)F. The summed E-state index contributed by atoms with van der Waals surface area (Å²) in [5, 5.41) is 0.775. The third-order valence-corrected chi connectivity index (χ3v) is 7.11. The van der Waals surface area contributed by atoms with Crippen LogP contribution in [0.25, 0.3) is 27.5 Å². The molecule has 0 spiro atoms. The molecule has 0 atom stereocenters. The van der Waals surface area contributed by atoms with Gasteiger partial charge >= 0.3 is 18.5 Å². The largest absolute Gasteiger partial charge is 0.417 e. The molecule has 6 aromatic rings. The molecule has 0 amide bonds. The second-order valence-electron chi connectivity index (χ2n) is 9.85.